The average molecular weight is 825 g/mol. The molecule has 8 bridgehead atoms. The van der Waals surface area contributed by atoms with Crippen molar-refractivity contribution in [3.63, 3.8) is 0 Å². The van der Waals surface area contributed by atoms with Gasteiger partial charge in [-0.2, -0.15) is 0 Å². The Balaban J connectivity index is 1.65. The minimum Gasteiger partial charge on any atom is -0.354 e. The maximum atomic E-state index is 15.6. The van der Waals surface area contributed by atoms with Crippen LogP contribution in [0.2, 0.25) is 0 Å². The van der Waals surface area contributed by atoms with Crippen molar-refractivity contribution in [1.82, 2.24) is 19.9 Å². The lowest BCUT2D eigenvalue weighted by Gasteiger charge is -2.11. The van der Waals surface area contributed by atoms with Crippen molar-refractivity contribution in [2.75, 3.05) is 0 Å². The Morgan fingerprint density at radius 1 is 0.293 bits per heavy atom. The summed E-state index contributed by atoms with van der Waals surface area (Å²) in [7, 11) is 0. The second kappa shape index (κ2) is 13.3. The van der Waals surface area contributed by atoms with Crippen molar-refractivity contribution in [2.24, 2.45) is 0 Å². The van der Waals surface area contributed by atoms with Crippen molar-refractivity contribution in [2.45, 2.75) is 0 Å². The molecule has 20 heteroatoms. The van der Waals surface area contributed by atoms with Crippen molar-refractivity contribution < 1.29 is 65.9 Å². The van der Waals surface area contributed by atoms with Gasteiger partial charge in [-0.3, -0.25) is 4.79 Å². The second-order valence-corrected chi connectivity index (χ2v) is 12.4. The molecule has 0 amide bonds. The van der Waals surface area contributed by atoms with Crippen LogP contribution in [-0.4, -0.2) is 19.9 Å². The molecule has 0 saturated heterocycles. The molecule has 1 aliphatic heterocycles. The summed E-state index contributed by atoms with van der Waals surface area (Å²) < 4.78 is 223. The largest absolute Gasteiger partial charge is 0.354 e. The summed E-state index contributed by atoms with van der Waals surface area (Å²) in [4.78, 5) is 24.8. The van der Waals surface area contributed by atoms with Gasteiger partial charge in [-0.1, -0.05) is 0 Å². The summed E-state index contributed by atoms with van der Waals surface area (Å²) in [5.74, 6) is -37.1. The molecule has 0 aliphatic carbocycles. The van der Waals surface area contributed by atoms with Crippen LogP contribution in [0, 0.1) is 87.3 Å². The fourth-order valence-electron chi connectivity index (χ4n) is 6.51. The quantitative estimate of drug-likeness (QED) is 0.0943. The highest BCUT2D eigenvalue weighted by Crippen LogP contribution is 2.42. The molecule has 7 aromatic rings. The van der Waals surface area contributed by atoms with E-state index < -0.39 is 171 Å². The Hall–Kier alpha value is -6.99. The highest BCUT2D eigenvalue weighted by Gasteiger charge is 2.33. The van der Waals surface area contributed by atoms with Gasteiger partial charge in [0.15, 0.2) is 69.8 Å². The van der Waals surface area contributed by atoms with Crippen molar-refractivity contribution in [3.8, 4) is 33.4 Å². The number of rotatable bonds is 3. The Morgan fingerprint density at radius 3 is 0.828 bits per heavy atom. The van der Waals surface area contributed by atoms with E-state index in [9.17, 15) is 44.3 Å². The van der Waals surface area contributed by atoms with Gasteiger partial charge in [-0.15, -0.1) is 0 Å². The second-order valence-electron chi connectivity index (χ2n) is 12.4. The van der Waals surface area contributed by atoms with E-state index in [1.165, 1.54) is 0 Å². The molecule has 4 aromatic heterocycles. The first-order valence-electron chi connectivity index (χ1n) is 15.9. The smallest absolute Gasteiger partial charge is 0.225 e. The Morgan fingerprint density at radius 2 is 0.517 bits per heavy atom. The number of hydrogen-bond donors (Lipinski definition) is 3. The zero-order chi connectivity index (χ0) is 41.8. The number of fused-ring (bicyclic) bond motifs is 8. The summed E-state index contributed by atoms with van der Waals surface area (Å²) in [6.07, 6.45) is 1.51. The van der Waals surface area contributed by atoms with E-state index in [-0.39, 0.29) is 0 Å². The topological polar surface area (TPSA) is 77.3 Å². The fraction of sp³-hybridized carbons (Fsp3) is 0. The van der Waals surface area contributed by atoms with E-state index in [2.05, 4.69) is 19.9 Å². The number of aromatic nitrogens is 4. The summed E-state index contributed by atoms with van der Waals surface area (Å²) in [6.45, 7) is 0. The summed E-state index contributed by atoms with van der Waals surface area (Å²) in [5.41, 5.74) is -14.4. The minimum atomic E-state index is -2.63. The van der Waals surface area contributed by atoms with Gasteiger partial charge in [0.2, 0.25) is 22.9 Å². The first-order valence-corrected chi connectivity index (χ1v) is 15.9. The monoisotopic (exact) mass is 824 g/mol. The molecular formula is C38H11F15N4O. The predicted molar refractivity (Wildman–Crippen MR) is 177 cm³/mol. The van der Waals surface area contributed by atoms with Crippen molar-refractivity contribution in [3.05, 3.63) is 145 Å². The number of nitrogens with zero attached hydrogens (tertiary/aromatic N) is 1. The van der Waals surface area contributed by atoms with Gasteiger partial charge in [-0.25, -0.2) is 70.8 Å². The molecule has 5 nitrogen and oxygen atoms in total. The van der Waals surface area contributed by atoms with Crippen molar-refractivity contribution in [1.29, 1.82) is 0 Å². The molecule has 0 radical (unpaired) electrons. The minimum absolute atomic E-state index is 0.510. The van der Waals surface area contributed by atoms with Gasteiger partial charge >= 0.3 is 0 Å². The molecule has 3 N–H and O–H groups in total. The van der Waals surface area contributed by atoms with E-state index in [0.29, 0.717) is 0 Å². The van der Waals surface area contributed by atoms with Crippen LogP contribution >= 0.6 is 0 Å². The van der Waals surface area contributed by atoms with Crippen LogP contribution in [-0.2, 0) is 0 Å². The van der Waals surface area contributed by atoms with E-state index >= 15 is 26.3 Å². The van der Waals surface area contributed by atoms with Crippen LogP contribution in [0.5, 0.6) is 0 Å². The Kier molecular flexibility index (Phi) is 8.70. The lowest BCUT2D eigenvalue weighted by Crippen LogP contribution is -2.06. The molecule has 294 valence electrons. The van der Waals surface area contributed by atoms with Gasteiger partial charge in [0.1, 0.15) is 0 Å². The molecule has 0 unspecified atom stereocenters. The standard InChI is InChI=1S/C38H11F15N4O/c39-23-20(24(40)30(46)35(51)29(23)45)17-9-1-3-11(54-9)18(21-25(41)31(47)36(52)32(48)26(21)42)13-5-7-15(56-13)38(58)16-8-6-14(57-16)19(12-4-2-10(17)55-12)22-27(43)33(49)37(53)34(50)28(22)44/h1-8,54,56-57H. The lowest BCUT2D eigenvalue weighted by atomic mass is 10.0. The molecule has 5 heterocycles. The van der Waals surface area contributed by atoms with Crippen LogP contribution in [0.4, 0.5) is 65.9 Å². The van der Waals surface area contributed by atoms with Crippen LogP contribution in [0.15, 0.2) is 41.2 Å². The molecule has 58 heavy (non-hydrogen) atoms. The molecule has 3 aromatic carbocycles. The van der Waals surface area contributed by atoms with Gasteiger partial charge in [0.05, 0.1) is 39.1 Å². The first-order chi connectivity index (χ1) is 27.4. The van der Waals surface area contributed by atoms with Crippen LogP contribution < -0.4 is 5.43 Å². The predicted octanol–water partition coefficient (Wildman–Crippen LogP) is 11.1. The third-order valence-electron chi connectivity index (χ3n) is 9.16. The van der Waals surface area contributed by atoms with Crippen LogP contribution in [0.3, 0.4) is 0 Å². The van der Waals surface area contributed by atoms with Gasteiger partial charge in [0.25, 0.3) is 0 Å². The molecule has 0 spiro atoms. The normalized spacial score (nSPS) is 12.1. The van der Waals surface area contributed by atoms with E-state index in [0.717, 1.165) is 48.6 Å². The van der Waals surface area contributed by atoms with E-state index in [1.807, 2.05) is 0 Å². The Bertz CT molecular complexity index is 3130. The van der Waals surface area contributed by atoms with E-state index in [1.54, 1.807) is 0 Å². The van der Waals surface area contributed by atoms with Gasteiger partial charge in [-0.05, 0) is 48.6 Å². The molecule has 0 fully saturated rings. The summed E-state index contributed by atoms with van der Waals surface area (Å²) in [5, 5.41) is 0. The number of aromatic amines is 3. The molecule has 1 aliphatic rings. The third-order valence-corrected chi connectivity index (χ3v) is 9.16. The Labute approximate surface area is 309 Å². The average Bonchev–Trinajstić information content (AvgIpc) is 4.06. The number of halogens is 15. The third kappa shape index (κ3) is 5.37. The molecule has 0 saturated carbocycles. The zero-order valence-corrected chi connectivity index (χ0v) is 27.6. The lowest BCUT2D eigenvalue weighted by molar-refractivity contribution is 0.381. The van der Waals surface area contributed by atoms with E-state index in [4.69, 9.17) is 0 Å². The fourth-order valence-corrected chi connectivity index (χ4v) is 6.51. The number of benzene rings is 3. The highest BCUT2D eigenvalue weighted by atomic mass is 19.2. The summed E-state index contributed by atoms with van der Waals surface area (Å²) >= 11 is 0. The van der Waals surface area contributed by atoms with Gasteiger partial charge in [0, 0.05) is 38.8 Å². The molecule has 8 rings (SSSR count). The first kappa shape index (κ1) is 37.9. The van der Waals surface area contributed by atoms with Crippen molar-refractivity contribution >= 4 is 45.3 Å². The SMILES string of the molecule is O=c1c2ccc([nH]2)c(-c2c(F)c(F)c(F)c(F)c2F)c2nc(c(-c3c(F)c(F)c(F)c(F)c3F)c3ccc([nH]3)c(-c3c(F)c(F)c(F)c(F)c3F)c3ccc1[nH]3)C=C2. The molecular weight excluding hydrogens is 813 g/mol. The maximum Gasteiger partial charge on any atom is 0.225 e. The van der Waals surface area contributed by atoms with Gasteiger partial charge < -0.3 is 15.0 Å². The zero-order valence-electron chi connectivity index (χ0n) is 27.6. The number of hydrogen-bond acceptors (Lipinski definition) is 2. The van der Waals surface area contributed by atoms with Crippen LogP contribution in [0.25, 0.3) is 78.6 Å². The highest BCUT2D eigenvalue weighted by molar-refractivity contribution is 5.99. The van der Waals surface area contributed by atoms with Crippen LogP contribution in [0.1, 0.15) is 11.4 Å². The number of H-pyrrole nitrogens is 3. The number of nitrogens with one attached hydrogen (secondary N) is 3. The maximum absolute atomic E-state index is 15.6. The molecule has 0 atom stereocenters. The summed E-state index contributed by atoms with van der Waals surface area (Å²) in [6, 6.07) is 5.27.